The van der Waals surface area contributed by atoms with Gasteiger partial charge < -0.3 is 10.2 Å². The van der Waals surface area contributed by atoms with E-state index in [-0.39, 0.29) is 23.4 Å². The average Bonchev–Trinajstić information content (AvgIpc) is 2.88. The van der Waals surface area contributed by atoms with Crippen LogP contribution in [0.15, 0.2) is 83.8 Å². The summed E-state index contributed by atoms with van der Waals surface area (Å²) in [5.74, 6) is -0.725. The quantitative estimate of drug-likeness (QED) is 0.381. The van der Waals surface area contributed by atoms with Gasteiger partial charge in [-0.05, 0) is 75.1 Å². The maximum atomic E-state index is 14.0. The van der Waals surface area contributed by atoms with Crippen LogP contribution in [0, 0.1) is 13.8 Å². The number of hydrogen-bond acceptors (Lipinski definition) is 4. The maximum absolute atomic E-state index is 14.0. The van der Waals surface area contributed by atoms with E-state index in [1.165, 1.54) is 17.0 Å². The molecule has 3 aromatic carbocycles. The summed E-state index contributed by atoms with van der Waals surface area (Å²) in [6, 6.07) is 21.9. The van der Waals surface area contributed by atoms with Crippen LogP contribution in [0.4, 0.5) is 5.69 Å². The minimum Gasteiger partial charge on any atom is -0.352 e. The second-order valence-electron chi connectivity index (χ2n) is 9.70. The fraction of sp³-hybridized carbons (Fsp3) is 0.333. The van der Waals surface area contributed by atoms with Gasteiger partial charge in [0.25, 0.3) is 10.0 Å². The van der Waals surface area contributed by atoms with E-state index in [1.807, 2.05) is 65.0 Å². The van der Waals surface area contributed by atoms with Crippen LogP contribution in [0.5, 0.6) is 0 Å². The van der Waals surface area contributed by atoms with Crippen molar-refractivity contribution in [2.75, 3.05) is 10.8 Å². The summed E-state index contributed by atoms with van der Waals surface area (Å²) in [6.45, 7) is 9.13. The average molecular weight is 536 g/mol. The molecule has 202 valence electrons. The fourth-order valence-electron chi connectivity index (χ4n) is 4.30. The van der Waals surface area contributed by atoms with E-state index < -0.39 is 28.5 Å². The zero-order valence-electron chi connectivity index (χ0n) is 22.7. The topological polar surface area (TPSA) is 86.8 Å². The Kier molecular flexibility index (Phi) is 9.69. The van der Waals surface area contributed by atoms with Crippen LogP contribution in [0.25, 0.3) is 0 Å². The number of hydrogen-bond donors (Lipinski definition) is 1. The molecule has 0 spiro atoms. The van der Waals surface area contributed by atoms with Crippen molar-refractivity contribution >= 4 is 27.5 Å². The van der Waals surface area contributed by atoms with Gasteiger partial charge in [0, 0.05) is 12.6 Å². The Morgan fingerprint density at radius 3 is 2.16 bits per heavy atom. The Morgan fingerprint density at radius 2 is 1.55 bits per heavy atom. The van der Waals surface area contributed by atoms with Gasteiger partial charge in [-0.2, -0.15) is 0 Å². The zero-order valence-corrected chi connectivity index (χ0v) is 23.5. The van der Waals surface area contributed by atoms with Crippen LogP contribution < -0.4 is 9.62 Å². The fourth-order valence-corrected chi connectivity index (χ4v) is 5.73. The van der Waals surface area contributed by atoms with Crippen molar-refractivity contribution in [1.29, 1.82) is 0 Å². The second-order valence-corrected chi connectivity index (χ2v) is 11.6. The molecule has 38 heavy (non-hydrogen) atoms. The molecule has 0 saturated heterocycles. The molecule has 0 aliphatic carbocycles. The number of rotatable bonds is 11. The monoisotopic (exact) mass is 535 g/mol. The molecular weight excluding hydrogens is 498 g/mol. The van der Waals surface area contributed by atoms with E-state index in [0.29, 0.717) is 12.1 Å². The number of nitrogens with zero attached hydrogens (tertiary/aromatic N) is 2. The smallest absolute Gasteiger partial charge is 0.264 e. The molecule has 0 fully saturated rings. The van der Waals surface area contributed by atoms with Gasteiger partial charge in [0.1, 0.15) is 12.6 Å². The van der Waals surface area contributed by atoms with E-state index in [2.05, 4.69) is 5.32 Å². The highest BCUT2D eigenvalue weighted by molar-refractivity contribution is 7.92. The lowest BCUT2D eigenvalue weighted by atomic mass is 10.1. The van der Waals surface area contributed by atoms with Gasteiger partial charge in [-0.1, -0.05) is 61.5 Å². The number of anilines is 1. The third-order valence-corrected chi connectivity index (χ3v) is 8.11. The zero-order chi connectivity index (χ0) is 27.9. The van der Waals surface area contributed by atoms with Crippen LogP contribution in [-0.2, 0) is 26.2 Å². The Labute approximate surface area is 226 Å². The lowest BCUT2D eigenvalue weighted by Gasteiger charge is -2.34. The number of nitrogens with one attached hydrogen (secondary N) is 1. The third kappa shape index (κ3) is 7.01. The maximum Gasteiger partial charge on any atom is 0.264 e. The standard InChI is InChI=1S/C30H37N3O4S/c1-6-28(30(35)31-22(2)3)32(20-25-15-11-10-14-24(25)5)29(34)21-33(26-16-12-13-23(4)19-26)38(36,37)27-17-8-7-9-18-27/h7-19,22,28H,6,20-21H2,1-5H3,(H,31,35)/t28-/m1/s1. The molecule has 1 N–H and O–H groups in total. The van der Waals surface area contributed by atoms with Crippen molar-refractivity contribution in [3.8, 4) is 0 Å². The molecular formula is C30H37N3O4S. The van der Waals surface area contributed by atoms with Crippen LogP contribution in [0.1, 0.15) is 43.9 Å². The van der Waals surface area contributed by atoms with Gasteiger partial charge in [-0.3, -0.25) is 13.9 Å². The van der Waals surface area contributed by atoms with Crippen LogP contribution in [-0.4, -0.2) is 43.8 Å². The van der Waals surface area contributed by atoms with Crippen LogP contribution in [0.3, 0.4) is 0 Å². The molecule has 3 rings (SSSR count). The van der Waals surface area contributed by atoms with Gasteiger partial charge in [0.15, 0.2) is 0 Å². The van der Waals surface area contributed by atoms with Gasteiger partial charge in [0.2, 0.25) is 11.8 Å². The van der Waals surface area contributed by atoms with Gasteiger partial charge >= 0.3 is 0 Å². The molecule has 2 amide bonds. The summed E-state index contributed by atoms with van der Waals surface area (Å²) < 4.78 is 28.8. The van der Waals surface area contributed by atoms with Crippen molar-refractivity contribution in [3.63, 3.8) is 0 Å². The molecule has 0 radical (unpaired) electrons. The lowest BCUT2D eigenvalue weighted by Crippen LogP contribution is -2.53. The van der Waals surface area contributed by atoms with Gasteiger partial charge in [-0.15, -0.1) is 0 Å². The number of aryl methyl sites for hydroxylation is 2. The molecule has 0 aliphatic heterocycles. The Balaban J connectivity index is 2.07. The number of carbonyl (C=O) groups is 2. The van der Waals surface area contributed by atoms with Crippen molar-refractivity contribution in [2.45, 2.75) is 64.6 Å². The number of benzene rings is 3. The minimum absolute atomic E-state index is 0.0874. The first-order chi connectivity index (χ1) is 18.0. The summed E-state index contributed by atoms with van der Waals surface area (Å²) in [4.78, 5) is 28.8. The van der Waals surface area contributed by atoms with Crippen molar-refractivity contribution in [3.05, 3.63) is 95.6 Å². The molecule has 8 heteroatoms. The van der Waals surface area contributed by atoms with Crippen LogP contribution in [0.2, 0.25) is 0 Å². The number of amides is 2. The van der Waals surface area contributed by atoms with E-state index in [9.17, 15) is 18.0 Å². The van der Waals surface area contributed by atoms with Crippen molar-refractivity contribution < 1.29 is 18.0 Å². The molecule has 0 saturated carbocycles. The van der Waals surface area contributed by atoms with Crippen LogP contribution >= 0.6 is 0 Å². The molecule has 0 aromatic heterocycles. The predicted molar refractivity (Wildman–Crippen MR) is 151 cm³/mol. The summed E-state index contributed by atoms with van der Waals surface area (Å²) in [6.07, 6.45) is 0.381. The van der Waals surface area contributed by atoms with E-state index in [1.54, 1.807) is 36.4 Å². The number of carbonyl (C=O) groups excluding carboxylic acids is 2. The highest BCUT2D eigenvalue weighted by atomic mass is 32.2. The van der Waals surface area contributed by atoms with E-state index in [0.717, 1.165) is 21.0 Å². The van der Waals surface area contributed by atoms with Gasteiger partial charge in [0.05, 0.1) is 10.6 Å². The van der Waals surface area contributed by atoms with E-state index >= 15 is 0 Å². The van der Waals surface area contributed by atoms with Crippen molar-refractivity contribution in [1.82, 2.24) is 10.2 Å². The summed E-state index contributed by atoms with van der Waals surface area (Å²) in [7, 11) is -4.07. The minimum atomic E-state index is -4.07. The molecule has 7 nitrogen and oxygen atoms in total. The van der Waals surface area contributed by atoms with Gasteiger partial charge in [-0.25, -0.2) is 8.42 Å². The van der Waals surface area contributed by atoms with E-state index in [4.69, 9.17) is 0 Å². The third-order valence-electron chi connectivity index (χ3n) is 6.32. The summed E-state index contributed by atoms with van der Waals surface area (Å²) in [5, 5.41) is 2.91. The Hall–Kier alpha value is -3.65. The molecule has 3 aromatic rings. The number of sulfonamides is 1. The first kappa shape index (κ1) is 28.9. The van der Waals surface area contributed by atoms with Crippen molar-refractivity contribution in [2.24, 2.45) is 0 Å². The molecule has 0 aliphatic rings. The molecule has 0 heterocycles. The molecule has 0 bridgehead atoms. The summed E-state index contributed by atoms with van der Waals surface area (Å²) >= 11 is 0. The molecule has 0 unspecified atom stereocenters. The normalized spacial score (nSPS) is 12.2. The highest BCUT2D eigenvalue weighted by Gasteiger charge is 2.34. The highest BCUT2D eigenvalue weighted by Crippen LogP contribution is 2.26. The molecule has 1 atom stereocenters. The first-order valence-electron chi connectivity index (χ1n) is 12.8. The first-order valence-corrected chi connectivity index (χ1v) is 14.3. The predicted octanol–water partition coefficient (Wildman–Crippen LogP) is 4.83. The Morgan fingerprint density at radius 1 is 0.895 bits per heavy atom. The SMILES string of the molecule is CC[C@H](C(=O)NC(C)C)N(Cc1ccccc1C)C(=O)CN(c1cccc(C)c1)S(=O)(=O)c1ccccc1. The Bertz CT molecular complexity index is 1360. The second kappa shape index (κ2) is 12.7. The summed E-state index contributed by atoms with van der Waals surface area (Å²) in [5.41, 5.74) is 3.13. The largest absolute Gasteiger partial charge is 0.352 e. The lowest BCUT2D eigenvalue weighted by molar-refractivity contribution is -0.140.